The van der Waals surface area contributed by atoms with E-state index in [1.807, 2.05) is 61.5 Å². The first-order valence-electron chi connectivity index (χ1n) is 6.54. The second-order valence-electron chi connectivity index (χ2n) is 4.56. The summed E-state index contributed by atoms with van der Waals surface area (Å²) < 4.78 is 5.83. The minimum absolute atomic E-state index is 0.513. The third kappa shape index (κ3) is 3.86. The lowest BCUT2D eigenvalue weighted by Gasteiger charge is -2.12. The highest BCUT2D eigenvalue weighted by atomic mass is 35.5. The molecule has 0 spiro atoms. The van der Waals surface area contributed by atoms with Crippen molar-refractivity contribution in [3.05, 3.63) is 70.3 Å². The summed E-state index contributed by atoms with van der Waals surface area (Å²) in [4.78, 5) is 0. The van der Waals surface area contributed by atoms with E-state index in [9.17, 15) is 0 Å². The van der Waals surface area contributed by atoms with Gasteiger partial charge in [-0.25, -0.2) is 0 Å². The Kier molecular flexibility index (Phi) is 5.22. The van der Waals surface area contributed by atoms with Crippen LogP contribution in [0.15, 0.2) is 48.5 Å². The monoisotopic (exact) mass is 287 g/mol. The van der Waals surface area contributed by atoms with Crippen LogP contribution < -0.4 is 10.5 Å². The zero-order valence-electron chi connectivity index (χ0n) is 11.5. The molecule has 0 aliphatic rings. The van der Waals surface area contributed by atoms with E-state index < -0.39 is 0 Å². The highest BCUT2D eigenvalue weighted by Crippen LogP contribution is 2.31. The molecule has 0 saturated carbocycles. The number of benzene rings is 2. The van der Waals surface area contributed by atoms with E-state index in [4.69, 9.17) is 22.1 Å². The summed E-state index contributed by atoms with van der Waals surface area (Å²) in [5.74, 6) is 0.736. The van der Waals surface area contributed by atoms with E-state index in [1.54, 1.807) is 0 Å². The molecule has 0 bridgehead atoms. The molecule has 0 amide bonds. The molecule has 104 valence electrons. The molecule has 0 aliphatic carbocycles. The summed E-state index contributed by atoms with van der Waals surface area (Å²) in [7, 11) is 0. The summed E-state index contributed by atoms with van der Waals surface area (Å²) in [6, 6.07) is 14.0. The summed E-state index contributed by atoms with van der Waals surface area (Å²) >= 11 is 6.29. The van der Waals surface area contributed by atoms with Crippen molar-refractivity contribution in [2.45, 2.75) is 13.5 Å². The number of ether oxygens (including phenoxy) is 1. The molecule has 2 N–H and O–H groups in total. The number of hydrogen-bond donors (Lipinski definition) is 1. The van der Waals surface area contributed by atoms with Crippen LogP contribution in [0.1, 0.15) is 16.7 Å². The van der Waals surface area contributed by atoms with Gasteiger partial charge in [0.25, 0.3) is 0 Å². The van der Waals surface area contributed by atoms with E-state index in [2.05, 4.69) is 0 Å². The van der Waals surface area contributed by atoms with Crippen molar-refractivity contribution >= 4 is 17.7 Å². The second-order valence-corrected chi connectivity index (χ2v) is 4.97. The standard InChI is InChI=1S/C17H18ClNO/c1-13-10-15(8-5-9-19)11-16(18)17(13)20-12-14-6-3-2-4-7-14/h2-8,10-11H,9,12,19H2,1H3/b8-5+. The first-order chi connectivity index (χ1) is 9.70. The van der Waals surface area contributed by atoms with E-state index in [-0.39, 0.29) is 0 Å². The van der Waals surface area contributed by atoms with E-state index in [0.29, 0.717) is 18.2 Å². The molecule has 0 heterocycles. The molecule has 0 radical (unpaired) electrons. The lowest BCUT2D eigenvalue weighted by Crippen LogP contribution is -1.98. The zero-order valence-corrected chi connectivity index (χ0v) is 12.2. The van der Waals surface area contributed by atoms with Gasteiger partial charge in [-0.3, -0.25) is 0 Å². The molecule has 2 aromatic carbocycles. The van der Waals surface area contributed by atoms with E-state index in [0.717, 1.165) is 22.4 Å². The maximum Gasteiger partial charge on any atom is 0.141 e. The predicted octanol–water partition coefficient (Wildman–Crippen LogP) is 4.20. The number of nitrogens with two attached hydrogens (primary N) is 1. The number of halogens is 1. The van der Waals surface area contributed by atoms with Gasteiger partial charge in [-0.05, 0) is 35.7 Å². The number of aryl methyl sites for hydroxylation is 1. The van der Waals surface area contributed by atoms with Crippen LogP contribution in [0.3, 0.4) is 0 Å². The van der Waals surface area contributed by atoms with Gasteiger partial charge < -0.3 is 10.5 Å². The first kappa shape index (κ1) is 14.6. The van der Waals surface area contributed by atoms with Crippen LogP contribution in [0.2, 0.25) is 5.02 Å². The van der Waals surface area contributed by atoms with Crippen molar-refractivity contribution in [3.63, 3.8) is 0 Å². The number of rotatable bonds is 5. The zero-order chi connectivity index (χ0) is 14.4. The van der Waals surface area contributed by atoms with E-state index in [1.165, 1.54) is 0 Å². The van der Waals surface area contributed by atoms with Crippen LogP contribution in [-0.4, -0.2) is 6.54 Å². The summed E-state index contributed by atoms with van der Waals surface area (Å²) in [6.45, 7) is 3.02. The average molecular weight is 288 g/mol. The van der Waals surface area contributed by atoms with Crippen molar-refractivity contribution < 1.29 is 4.74 Å². The van der Waals surface area contributed by atoms with E-state index >= 15 is 0 Å². The molecule has 0 unspecified atom stereocenters. The Bertz CT molecular complexity index is 570. The quantitative estimate of drug-likeness (QED) is 0.894. The van der Waals surface area contributed by atoms with Crippen LogP contribution in [0.5, 0.6) is 5.75 Å². The maximum absolute atomic E-state index is 6.29. The topological polar surface area (TPSA) is 35.2 Å². The van der Waals surface area contributed by atoms with Crippen LogP contribution in [0, 0.1) is 6.92 Å². The SMILES string of the molecule is Cc1cc(/C=C/CN)cc(Cl)c1OCc1ccccc1. The van der Waals surface area contributed by atoms with Crippen LogP contribution in [0.4, 0.5) is 0 Å². The normalized spacial score (nSPS) is 10.9. The molecule has 20 heavy (non-hydrogen) atoms. The van der Waals surface area contributed by atoms with Gasteiger partial charge in [-0.2, -0.15) is 0 Å². The molecule has 0 atom stereocenters. The van der Waals surface area contributed by atoms with Crippen molar-refractivity contribution in [2.24, 2.45) is 5.73 Å². The lowest BCUT2D eigenvalue weighted by atomic mass is 10.1. The predicted molar refractivity (Wildman–Crippen MR) is 85.1 cm³/mol. The minimum atomic E-state index is 0.513. The Balaban J connectivity index is 2.14. The highest BCUT2D eigenvalue weighted by Gasteiger charge is 2.07. The summed E-state index contributed by atoms with van der Waals surface area (Å²) in [6.07, 6.45) is 3.86. The maximum atomic E-state index is 6.29. The molecule has 2 aromatic rings. The van der Waals surface area contributed by atoms with Gasteiger partial charge in [0.1, 0.15) is 12.4 Å². The lowest BCUT2D eigenvalue weighted by molar-refractivity contribution is 0.304. The van der Waals surface area contributed by atoms with Gasteiger partial charge in [0.15, 0.2) is 0 Å². The van der Waals surface area contributed by atoms with Crippen LogP contribution >= 0.6 is 11.6 Å². The summed E-state index contributed by atoms with van der Waals surface area (Å²) in [5.41, 5.74) is 8.62. The Labute approximate surface area is 124 Å². The fraction of sp³-hybridized carbons (Fsp3) is 0.176. The van der Waals surface area contributed by atoms with Crippen molar-refractivity contribution in [1.82, 2.24) is 0 Å². The van der Waals surface area contributed by atoms with Gasteiger partial charge >= 0.3 is 0 Å². The van der Waals surface area contributed by atoms with Gasteiger partial charge in [-0.15, -0.1) is 0 Å². The van der Waals surface area contributed by atoms with Crippen molar-refractivity contribution in [2.75, 3.05) is 6.54 Å². The largest absolute Gasteiger partial charge is 0.487 e. The minimum Gasteiger partial charge on any atom is -0.487 e. The van der Waals surface area contributed by atoms with Gasteiger partial charge in [0, 0.05) is 6.54 Å². The molecular formula is C17H18ClNO. The molecule has 0 fully saturated rings. The third-order valence-corrected chi connectivity index (χ3v) is 3.20. The van der Waals surface area contributed by atoms with Gasteiger partial charge in [0.05, 0.1) is 5.02 Å². The fourth-order valence-electron chi connectivity index (χ4n) is 1.97. The third-order valence-electron chi connectivity index (χ3n) is 2.92. The van der Waals surface area contributed by atoms with Crippen LogP contribution in [-0.2, 0) is 6.61 Å². The number of hydrogen-bond acceptors (Lipinski definition) is 2. The molecule has 0 aliphatic heterocycles. The highest BCUT2D eigenvalue weighted by molar-refractivity contribution is 6.32. The molecule has 3 heteroatoms. The Morgan fingerprint density at radius 2 is 1.95 bits per heavy atom. The summed E-state index contributed by atoms with van der Waals surface area (Å²) in [5, 5.41) is 0.623. The molecule has 2 nitrogen and oxygen atoms in total. The molecule has 2 rings (SSSR count). The Morgan fingerprint density at radius 1 is 1.20 bits per heavy atom. The molecule has 0 aromatic heterocycles. The Morgan fingerprint density at radius 3 is 2.60 bits per heavy atom. The Hall–Kier alpha value is -1.77. The van der Waals surface area contributed by atoms with Crippen LogP contribution in [0.25, 0.3) is 6.08 Å². The average Bonchev–Trinajstić information content (AvgIpc) is 2.45. The fourth-order valence-corrected chi connectivity index (χ4v) is 2.30. The molecule has 0 saturated heterocycles. The smallest absolute Gasteiger partial charge is 0.141 e. The van der Waals surface area contributed by atoms with Crippen molar-refractivity contribution in [3.8, 4) is 5.75 Å². The first-order valence-corrected chi connectivity index (χ1v) is 6.92. The van der Waals surface area contributed by atoms with Gasteiger partial charge in [0.2, 0.25) is 0 Å². The molecular weight excluding hydrogens is 270 g/mol. The second kappa shape index (κ2) is 7.13. The van der Waals surface area contributed by atoms with Gasteiger partial charge in [-0.1, -0.05) is 54.1 Å². The van der Waals surface area contributed by atoms with Crippen molar-refractivity contribution in [1.29, 1.82) is 0 Å².